The van der Waals surface area contributed by atoms with Gasteiger partial charge in [0.2, 0.25) is 0 Å². The van der Waals surface area contributed by atoms with Crippen LogP contribution in [0.15, 0.2) is 36.4 Å². The number of anilines is 1. The fraction of sp³-hybridized carbons (Fsp3) is 0.368. The molecule has 1 aromatic heterocycles. The fourth-order valence-electron chi connectivity index (χ4n) is 2.93. The van der Waals surface area contributed by atoms with E-state index in [9.17, 15) is 22.8 Å². The van der Waals surface area contributed by atoms with E-state index in [1.54, 1.807) is 28.0 Å². The first-order valence-corrected chi connectivity index (χ1v) is 9.49. The lowest BCUT2D eigenvalue weighted by molar-refractivity contribution is -0.137. The Morgan fingerprint density at radius 3 is 2.43 bits per heavy atom. The van der Waals surface area contributed by atoms with Crippen LogP contribution in [0, 0.1) is 6.92 Å². The molecule has 9 heteroatoms. The van der Waals surface area contributed by atoms with E-state index in [4.69, 9.17) is 4.74 Å². The predicted molar refractivity (Wildman–Crippen MR) is 99.6 cm³/mol. The Hall–Kier alpha value is -2.55. The molecular formula is C19H19F3N2O3S. The third-order valence-electron chi connectivity index (χ3n) is 4.44. The van der Waals surface area contributed by atoms with Crippen LogP contribution in [-0.4, -0.2) is 49.6 Å². The molecule has 0 atom stereocenters. The molecule has 1 amide bonds. The number of benzene rings is 1. The van der Waals surface area contributed by atoms with Gasteiger partial charge in [-0.3, -0.25) is 4.79 Å². The molecule has 3 rings (SSSR count). The maximum Gasteiger partial charge on any atom is 0.416 e. The topological polar surface area (TPSA) is 49.9 Å². The zero-order valence-corrected chi connectivity index (χ0v) is 16.0. The highest BCUT2D eigenvalue weighted by Gasteiger charge is 2.31. The summed E-state index contributed by atoms with van der Waals surface area (Å²) in [5, 5.41) is 0. The molecule has 1 aliphatic heterocycles. The number of piperazine rings is 1. The Morgan fingerprint density at radius 2 is 1.82 bits per heavy atom. The van der Waals surface area contributed by atoms with Crippen molar-refractivity contribution < 1.29 is 27.5 Å². The summed E-state index contributed by atoms with van der Waals surface area (Å²) in [4.78, 5) is 28.9. The van der Waals surface area contributed by atoms with Crippen LogP contribution in [0.25, 0.3) is 0 Å². The number of nitrogens with zero attached hydrogens (tertiary/aromatic N) is 2. The van der Waals surface area contributed by atoms with Gasteiger partial charge >= 0.3 is 12.1 Å². The third kappa shape index (κ3) is 4.83. The number of hydrogen-bond donors (Lipinski definition) is 0. The molecule has 0 spiro atoms. The van der Waals surface area contributed by atoms with Gasteiger partial charge in [-0.25, -0.2) is 4.79 Å². The first kappa shape index (κ1) is 20.2. The quantitative estimate of drug-likeness (QED) is 0.721. The molecule has 0 radical (unpaired) electrons. The number of carbonyl (C=O) groups excluding carboxylic acids is 2. The lowest BCUT2D eigenvalue weighted by Crippen LogP contribution is -2.50. The molecule has 0 saturated carbocycles. The number of ether oxygens (including phenoxy) is 1. The second-order valence-electron chi connectivity index (χ2n) is 6.40. The molecule has 0 N–H and O–H groups in total. The number of hydrogen-bond acceptors (Lipinski definition) is 5. The summed E-state index contributed by atoms with van der Waals surface area (Å²) < 4.78 is 43.7. The van der Waals surface area contributed by atoms with Gasteiger partial charge in [-0.1, -0.05) is 6.07 Å². The number of halogens is 3. The molecule has 150 valence electrons. The van der Waals surface area contributed by atoms with Crippen molar-refractivity contribution in [2.75, 3.05) is 37.7 Å². The molecule has 2 aromatic rings. The molecular weight excluding hydrogens is 393 g/mol. The normalized spacial score (nSPS) is 14.9. The maximum absolute atomic E-state index is 12.9. The van der Waals surface area contributed by atoms with Crippen molar-refractivity contribution >= 4 is 28.9 Å². The van der Waals surface area contributed by atoms with Gasteiger partial charge in [0, 0.05) is 36.7 Å². The summed E-state index contributed by atoms with van der Waals surface area (Å²) >= 11 is 1.30. The average Bonchev–Trinajstić information content (AvgIpc) is 3.12. The standard InChI is InChI=1S/C19H19F3N2O3S/c1-13-5-6-16(28-13)18(26)27-12-17(25)24-9-7-23(8-10-24)15-4-2-3-14(11-15)19(20,21)22/h2-6,11H,7-10,12H2,1H3. The monoisotopic (exact) mass is 412 g/mol. The highest BCUT2D eigenvalue weighted by Crippen LogP contribution is 2.31. The molecule has 0 aliphatic carbocycles. The number of alkyl halides is 3. The van der Waals surface area contributed by atoms with E-state index in [0.29, 0.717) is 36.7 Å². The average molecular weight is 412 g/mol. The highest BCUT2D eigenvalue weighted by molar-refractivity contribution is 7.13. The largest absolute Gasteiger partial charge is 0.451 e. The van der Waals surface area contributed by atoms with E-state index in [0.717, 1.165) is 17.0 Å². The van der Waals surface area contributed by atoms with Crippen molar-refractivity contribution in [1.82, 2.24) is 4.90 Å². The van der Waals surface area contributed by atoms with Crippen LogP contribution in [0.1, 0.15) is 20.1 Å². The molecule has 5 nitrogen and oxygen atoms in total. The van der Waals surface area contributed by atoms with Gasteiger partial charge in [-0.05, 0) is 37.3 Å². The molecule has 0 unspecified atom stereocenters. The van der Waals surface area contributed by atoms with Gasteiger partial charge in [0.05, 0.1) is 5.56 Å². The smallest absolute Gasteiger partial charge is 0.416 e. The Balaban J connectivity index is 1.51. The third-order valence-corrected chi connectivity index (χ3v) is 5.42. The Labute approximate surface area is 164 Å². The van der Waals surface area contributed by atoms with Gasteiger partial charge in [-0.15, -0.1) is 11.3 Å². The Bertz CT molecular complexity index is 858. The van der Waals surface area contributed by atoms with Crippen LogP contribution in [0.2, 0.25) is 0 Å². The van der Waals surface area contributed by atoms with E-state index in [1.807, 2.05) is 6.92 Å². The second kappa shape index (κ2) is 8.22. The van der Waals surface area contributed by atoms with Crippen LogP contribution < -0.4 is 4.90 Å². The molecule has 0 bridgehead atoms. The van der Waals surface area contributed by atoms with E-state index in [-0.39, 0.29) is 12.5 Å². The summed E-state index contributed by atoms with van der Waals surface area (Å²) in [5.74, 6) is -0.848. The second-order valence-corrected chi connectivity index (χ2v) is 7.69. The Morgan fingerprint density at radius 1 is 1.11 bits per heavy atom. The number of amides is 1. The summed E-state index contributed by atoms with van der Waals surface area (Å²) in [5.41, 5.74) is -0.222. The number of thiophene rings is 1. The predicted octanol–water partition coefficient (Wildman–Crippen LogP) is 3.58. The van der Waals surface area contributed by atoms with E-state index >= 15 is 0 Å². The number of aryl methyl sites for hydroxylation is 1. The molecule has 1 saturated heterocycles. The van der Waals surface area contributed by atoms with Crippen LogP contribution >= 0.6 is 11.3 Å². The van der Waals surface area contributed by atoms with Crippen LogP contribution in [0.4, 0.5) is 18.9 Å². The first-order valence-electron chi connectivity index (χ1n) is 8.67. The zero-order valence-electron chi connectivity index (χ0n) is 15.2. The SMILES string of the molecule is Cc1ccc(C(=O)OCC(=O)N2CCN(c3cccc(C(F)(F)F)c3)CC2)s1. The van der Waals surface area contributed by atoms with Gasteiger partial charge in [0.25, 0.3) is 5.91 Å². The maximum atomic E-state index is 12.9. The molecule has 1 aliphatic rings. The van der Waals surface area contributed by atoms with Crippen LogP contribution in [-0.2, 0) is 15.7 Å². The van der Waals surface area contributed by atoms with E-state index in [1.165, 1.54) is 17.4 Å². The minimum atomic E-state index is -4.39. The minimum Gasteiger partial charge on any atom is -0.451 e. The van der Waals surface area contributed by atoms with Gasteiger partial charge in [-0.2, -0.15) is 13.2 Å². The van der Waals surface area contributed by atoms with Crippen molar-refractivity contribution in [1.29, 1.82) is 0 Å². The molecule has 28 heavy (non-hydrogen) atoms. The van der Waals surface area contributed by atoms with Gasteiger partial charge in [0.1, 0.15) is 4.88 Å². The highest BCUT2D eigenvalue weighted by atomic mass is 32.1. The van der Waals surface area contributed by atoms with Crippen molar-refractivity contribution in [2.45, 2.75) is 13.1 Å². The summed E-state index contributed by atoms with van der Waals surface area (Å²) in [6.45, 7) is 3.04. The number of esters is 1. The lowest BCUT2D eigenvalue weighted by atomic mass is 10.1. The number of rotatable bonds is 4. The van der Waals surface area contributed by atoms with Crippen molar-refractivity contribution in [3.8, 4) is 0 Å². The molecule has 1 aromatic carbocycles. The van der Waals surface area contributed by atoms with Gasteiger partial charge < -0.3 is 14.5 Å². The number of carbonyl (C=O) groups is 2. The summed E-state index contributed by atoms with van der Waals surface area (Å²) in [6, 6.07) is 8.60. The lowest BCUT2D eigenvalue weighted by Gasteiger charge is -2.36. The van der Waals surface area contributed by atoms with Gasteiger partial charge in [0.15, 0.2) is 6.61 Å². The van der Waals surface area contributed by atoms with Crippen molar-refractivity contribution in [2.24, 2.45) is 0 Å². The Kier molecular flexibility index (Phi) is 5.93. The minimum absolute atomic E-state index is 0.315. The van der Waals surface area contributed by atoms with Crippen LogP contribution in [0.3, 0.4) is 0 Å². The van der Waals surface area contributed by atoms with E-state index < -0.39 is 17.7 Å². The summed E-state index contributed by atoms with van der Waals surface area (Å²) in [7, 11) is 0. The summed E-state index contributed by atoms with van der Waals surface area (Å²) in [6.07, 6.45) is -4.39. The van der Waals surface area contributed by atoms with Crippen LogP contribution in [0.5, 0.6) is 0 Å². The van der Waals surface area contributed by atoms with E-state index in [2.05, 4.69) is 0 Å². The molecule has 1 fully saturated rings. The zero-order chi connectivity index (χ0) is 20.3. The first-order chi connectivity index (χ1) is 13.2. The van der Waals surface area contributed by atoms with Crippen molar-refractivity contribution in [3.05, 3.63) is 51.7 Å². The van der Waals surface area contributed by atoms with Crippen molar-refractivity contribution in [3.63, 3.8) is 0 Å². The fourth-order valence-corrected chi connectivity index (χ4v) is 3.69. The molecule has 2 heterocycles.